The molecule has 1 N–H and O–H groups in total. The van der Waals surface area contributed by atoms with E-state index < -0.39 is 0 Å². The van der Waals surface area contributed by atoms with Crippen molar-refractivity contribution in [2.75, 3.05) is 12.0 Å². The van der Waals surface area contributed by atoms with Gasteiger partial charge in [0.05, 0.1) is 19.3 Å². The maximum Gasteiger partial charge on any atom is 0.350 e. The van der Waals surface area contributed by atoms with E-state index >= 15 is 0 Å². The number of thiophene rings is 1. The number of hydrogen-bond donors (Lipinski definition) is 1. The standard InChI is InChI=1S/C14H12N2O2S/c1-18-14(17)12-11(6-7-19-12)16-8-9-4-2-3-5-10(9)13(16)15/h2-7,15H,8H2,1H3. The fourth-order valence-electron chi connectivity index (χ4n) is 2.25. The molecule has 0 amide bonds. The van der Waals surface area contributed by atoms with Gasteiger partial charge < -0.3 is 9.64 Å². The Morgan fingerprint density at radius 2 is 2.16 bits per heavy atom. The highest BCUT2D eigenvalue weighted by atomic mass is 32.1. The highest BCUT2D eigenvalue weighted by Crippen LogP contribution is 2.33. The highest BCUT2D eigenvalue weighted by Gasteiger charge is 2.28. The van der Waals surface area contributed by atoms with Crippen molar-refractivity contribution < 1.29 is 9.53 Å². The monoisotopic (exact) mass is 272 g/mol. The van der Waals surface area contributed by atoms with Crippen LogP contribution in [0, 0.1) is 5.41 Å². The molecular weight excluding hydrogens is 260 g/mol. The van der Waals surface area contributed by atoms with Gasteiger partial charge >= 0.3 is 5.97 Å². The Bertz CT molecular complexity index is 663. The van der Waals surface area contributed by atoms with Crippen LogP contribution in [-0.2, 0) is 11.3 Å². The fraction of sp³-hybridized carbons (Fsp3) is 0.143. The van der Waals surface area contributed by atoms with E-state index in [1.807, 2.05) is 40.6 Å². The number of hydrogen-bond acceptors (Lipinski definition) is 4. The second-order valence-corrected chi connectivity index (χ2v) is 5.13. The van der Waals surface area contributed by atoms with Crippen LogP contribution in [-0.4, -0.2) is 18.9 Å². The zero-order chi connectivity index (χ0) is 13.4. The van der Waals surface area contributed by atoms with Gasteiger partial charge in [0, 0.05) is 5.56 Å². The number of carbonyl (C=O) groups is 1. The minimum Gasteiger partial charge on any atom is -0.465 e. The summed E-state index contributed by atoms with van der Waals surface area (Å²) < 4.78 is 4.78. The van der Waals surface area contributed by atoms with E-state index in [0.29, 0.717) is 17.3 Å². The third kappa shape index (κ3) is 1.82. The quantitative estimate of drug-likeness (QED) is 0.855. The number of methoxy groups -OCH3 is 1. The van der Waals surface area contributed by atoms with E-state index in [4.69, 9.17) is 10.1 Å². The van der Waals surface area contributed by atoms with Crippen LogP contribution in [0.2, 0.25) is 0 Å². The summed E-state index contributed by atoms with van der Waals surface area (Å²) in [6.45, 7) is 0.621. The Kier molecular flexibility index (Phi) is 2.83. The molecular formula is C14H12N2O2S. The maximum atomic E-state index is 11.7. The predicted octanol–water partition coefficient (Wildman–Crippen LogP) is 2.88. The number of nitrogens with zero attached hydrogens (tertiary/aromatic N) is 1. The summed E-state index contributed by atoms with van der Waals surface area (Å²) in [6, 6.07) is 9.68. The van der Waals surface area contributed by atoms with Gasteiger partial charge in [-0.15, -0.1) is 11.3 Å². The molecule has 1 aromatic carbocycles. The molecule has 0 bridgehead atoms. The zero-order valence-electron chi connectivity index (χ0n) is 10.3. The van der Waals surface area contributed by atoms with Gasteiger partial charge in [-0.05, 0) is 17.0 Å². The molecule has 2 heterocycles. The molecule has 2 aromatic rings. The number of rotatable bonds is 2. The largest absolute Gasteiger partial charge is 0.465 e. The lowest BCUT2D eigenvalue weighted by Gasteiger charge is -2.17. The van der Waals surface area contributed by atoms with Crippen LogP contribution in [0.5, 0.6) is 0 Å². The number of fused-ring (bicyclic) bond motifs is 1. The molecule has 3 rings (SSSR count). The molecule has 1 aliphatic rings. The summed E-state index contributed by atoms with van der Waals surface area (Å²) in [6.07, 6.45) is 0. The number of nitrogens with one attached hydrogen (secondary N) is 1. The first kappa shape index (κ1) is 11.9. The topological polar surface area (TPSA) is 53.4 Å². The van der Waals surface area contributed by atoms with Crippen molar-refractivity contribution in [3.63, 3.8) is 0 Å². The average molecular weight is 272 g/mol. The van der Waals surface area contributed by atoms with E-state index in [9.17, 15) is 4.79 Å². The number of esters is 1. The summed E-state index contributed by atoms with van der Waals surface area (Å²) in [4.78, 5) is 14.1. The minimum absolute atomic E-state index is 0.353. The molecule has 4 nitrogen and oxygen atoms in total. The van der Waals surface area contributed by atoms with Crippen molar-refractivity contribution in [3.8, 4) is 0 Å². The average Bonchev–Trinajstić information content (AvgIpc) is 3.03. The van der Waals surface area contributed by atoms with Crippen molar-refractivity contribution in [3.05, 3.63) is 51.7 Å². The lowest BCUT2D eigenvalue weighted by atomic mass is 10.1. The Balaban J connectivity index is 2.01. The SMILES string of the molecule is COC(=O)c1sccc1N1Cc2ccccc2C1=N. The molecule has 0 fully saturated rings. The van der Waals surface area contributed by atoms with E-state index in [-0.39, 0.29) is 5.97 Å². The van der Waals surface area contributed by atoms with E-state index in [2.05, 4.69) is 0 Å². The van der Waals surface area contributed by atoms with Crippen molar-refractivity contribution >= 4 is 28.8 Å². The van der Waals surface area contributed by atoms with Gasteiger partial charge in [0.15, 0.2) is 0 Å². The van der Waals surface area contributed by atoms with E-state index in [1.165, 1.54) is 18.4 Å². The second kappa shape index (κ2) is 4.51. The summed E-state index contributed by atoms with van der Waals surface area (Å²) in [7, 11) is 1.37. The Labute approximate surface area is 114 Å². The van der Waals surface area contributed by atoms with Gasteiger partial charge in [0.25, 0.3) is 0 Å². The molecule has 5 heteroatoms. The maximum absolute atomic E-state index is 11.7. The Hall–Kier alpha value is -2.14. The van der Waals surface area contributed by atoms with Crippen LogP contribution in [0.15, 0.2) is 35.7 Å². The van der Waals surface area contributed by atoms with Crippen molar-refractivity contribution in [1.29, 1.82) is 5.41 Å². The fourth-order valence-corrected chi connectivity index (χ4v) is 3.06. The van der Waals surface area contributed by atoms with Crippen molar-refractivity contribution in [1.82, 2.24) is 0 Å². The first-order valence-corrected chi connectivity index (χ1v) is 6.70. The Morgan fingerprint density at radius 1 is 1.37 bits per heavy atom. The van der Waals surface area contributed by atoms with Crippen LogP contribution < -0.4 is 4.90 Å². The molecule has 0 saturated carbocycles. The molecule has 19 heavy (non-hydrogen) atoms. The molecule has 0 aliphatic carbocycles. The summed E-state index contributed by atoms with van der Waals surface area (Å²) in [5.41, 5.74) is 2.78. The van der Waals surface area contributed by atoms with Gasteiger partial charge in [0.2, 0.25) is 0 Å². The number of anilines is 1. The minimum atomic E-state index is -0.353. The van der Waals surface area contributed by atoms with Crippen LogP contribution in [0.3, 0.4) is 0 Å². The van der Waals surface area contributed by atoms with Gasteiger partial charge in [-0.25, -0.2) is 4.79 Å². The number of carbonyl (C=O) groups excluding carboxylic acids is 1. The summed E-state index contributed by atoms with van der Waals surface area (Å²) in [5, 5.41) is 10.1. The first-order chi connectivity index (χ1) is 9.22. The lowest BCUT2D eigenvalue weighted by molar-refractivity contribution is 0.0607. The van der Waals surface area contributed by atoms with Gasteiger partial charge in [-0.2, -0.15) is 0 Å². The molecule has 0 unspecified atom stereocenters. The molecule has 1 aromatic heterocycles. The van der Waals surface area contributed by atoms with Crippen molar-refractivity contribution in [2.45, 2.75) is 6.54 Å². The summed E-state index contributed by atoms with van der Waals surface area (Å²) >= 11 is 1.34. The smallest absolute Gasteiger partial charge is 0.350 e. The third-order valence-corrected chi connectivity index (χ3v) is 4.06. The normalized spacial score (nSPS) is 13.5. The molecule has 0 saturated heterocycles. The van der Waals surface area contributed by atoms with Crippen LogP contribution in [0.1, 0.15) is 20.8 Å². The third-order valence-electron chi connectivity index (χ3n) is 3.18. The van der Waals surface area contributed by atoms with Crippen molar-refractivity contribution in [2.24, 2.45) is 0 Å². The number of amidine groups is 1. The van der Waals surface area contributed by atoms with E-state index in [0.717, 1.165) is 16.8 Å². The number of benzene rings is 1. The van der Waals surface area contributed by atoms with Gasteiger partial charge in [-0.1, -0.05) is 24.3 Å². The van der Waals surface area contributed by atoms with Gasteiger partial charge in [-0.3, -0.25) is 5.41 Å². The molecule has 1 aliphatic heterocycles. The molecule has 96 valence electrons. The highest BCUT2D eigenvalue weighted by molar-refractivity contribution is 7.12. The molecule has 0 spiro atoms. The summed E-state index contributed by atoms with van der Waals surface area (Å²) in [5.74, 6) is 0.0768. The van der Waals surface area contributed by atoms with Gasteiger partial charge in [0.1, 0.15) is 10.7 Å². The lowest BCUT2D eigenvalue weighted by Crippen LogP contribution is -2.24. The Morgan fingerprint density at radius 3 is 2.89 bits per heavy atom. The number of ether oxygens (including phenoxy) is 1. The first-order valence-electron chi connectivity index (χ1n) is 5.82. The molecule has 0 atom stereocenters. The predicted molar refractivity (Wildman–Crippen MR) is 75.1 cm³/mol. The van der Waals surface area contributed by atoms with E-state index in [1.54, 1.807) is 0 Å². The van der Waals surface area contributed by atoms with Crippen LogP contribution >= 0.6 is 11.3 Å². The van der Waals surface area contributed by atoms with Crippen LogP contribution in [0.25, 0.3) is 0 Å². The second-order valence-electron chi connectivity index (χ2n) is 4.22. The zero-order valence-corrected chi connectivity index (χ0v) is 11.2. The molecule has 0 radical (unpaired) electrons. The van der Waals surface area contributed by atoms with Crippen LogP contribution in [0.4, 0.5) is 5.69 Å².